The molecule has 1 heterocycles. The molecule has 0 radical (unpaired) electrons. The van der Waals surface area contributed by atoms with Crippen molar-refractivity contribution in [1.29, 1.82) is 0 Å². The van der Waals surface area contributed by atoms with Crippen LogP contribution in [0.3, 0.4) is 0 Å². The van der Waals surface area contributed by atoms with Crippen molar-refractivity contribution < 1.29 is 0 Å². The molecule has 82 valence electrons. The predicted molar refractivity (Wildman–Crippen MR) is 64.2 cm³/mol. The number of nitrogens with one attached hydrogen (secondary N) is 1. The average molecular weight is 204 g/mol. The topological polar surface area (TPSA) is 15.3 Å². The second-order valence-electron chi connectivity index (χ2n) is 4.33. The molecule has 15 heavy (non-hydrogen) atoms. The minimum Gasteiger partial charge on any atom is -0.314 e. The van der Waals surface area contributed by atoms with E-state index in [1.54, 1.807) is 0 Å². The quantitative estimate of drug-likeness (QED) is 0.801. The molecular formula is C13H20N2. The van der Waals surface area contributed by atoms with E-state index < -0.39 is 0 Å². The fraction of sp³-hybridized carbons (Fsp3) is 0.538. The molecule has 1 aromatic rings. The van der Waals surface area contributed by atoms with Gasteiger partial charge in [0.25, 0.3) is 0 Å². The number of piperazine rings is 1. The van der Waals surface area contributed by atoms with Crippen LogP contribution in [-0.4, -0.2) is 37.6 Å². The van der Waals surface area contributed by atoms with Crippen molar-refractivity contribution in [2.45, 2.75) is 13.3 Å². The Labute approximate surface area is 92.3 Å². The van der Waals surface area contributed by atoms with Crippen LogP contribution in [0.2, 0.25) is 0 Å². The summed E-state index contributed by atoms with van der Waals surface area (Å²) in [4.78, 5) is 2.54. The first-order valence-electron chi connectivity index (χ1n) is 5.83. The first-order chi connectivity index (χ1) is 7.34. The molecule has 2 rings (SSSR count). The van der Waals surface area contributed by atoms with Gasteiger partial charge in [0.2, 0.25) is 0 Å². The molecule has 0 saturated carbocycles. The fourth-order valence-electron chi connectivity index (χ4n) is 2.09. The average Bonchev–Trinajstić information content (AvgIpc) is 2.28. The zero-order valence-corrected chi connectivity index (χ0v) is 9.50. The van der Waals surface area contributed by atoms with E-state index in [4.69, 9.17) is 0 Å². The van der Waals surface area contributed by atoms with Crippen molar-refractivity contribution in [2.75, 3.05) is 32.7 Å². The van der Waals surface area contributed by atoms with E-state index in [2.05, 4.69) is 41.4 Å². The lowest BCUT2D eigenvalue weighted by Crippen LogP contribution is -2.44. The van der Waals surface area contributed by atoms with E-state index in [-0.39, 0.29) is 0 Å². The summed E-state index contributed by atoms with van der Waals surface area (Å²) in [6, 6.07) is 8.84. The maximum absolute atomic E-state index is 3.38. The lowest BCUT2D eigenvalue weighted by molar-refractivity contribution is 0.244. The van der Waals surface area contributed by atoms with Gasteiger partial charge in [-0.1, -0.05) is 29.8 Å². The summed E-state index contributed by atoms with van der Waals surface area (Å²) in [6.07, 6.45) is 1.18. The van der Waals surface area contributed by atoms with Crippen molar-refractivity contribution >= 4 is 0 Å². The van der Waals surface area contributed by atoms with Gasteiger partial charge in [-0.05, 0) is 18.9 Å². The van der Waals surface area contributed by atoms with Crippen LogP contribution >= 0.6 is 0 Å². The summed E-state index contributed by atoms with van der Waals surface area (Å²) in [5, 5.41) is 3.38. The molecule has 0 spiro atoms. The van der Waals surface area contributed by atoms with Gasteiger partial charge >= 0.3 is 0 Å². The molecule has 2 heteroatoms. The van der Waals surface area contributed by atoms with Crippen LogP contribution in [0, 0.1) is 6.92 Å². The van der Waals surface area contributed by atoms with E-state index >= 15 is 0 Å². The molecule has 1 fully saturated rings. The molecule has 0 amide bonds. The number of benzene rings is 1. The molecule has 1 saturated heterocycles. The molecule has 1 aromatic carbocycles. The third-order valence-electron chi connectivity index (χ3n) is 3.01. The van der Waals surface area contributed by atoms with Gasteiger partial charge in [0.15, 0.2) is 0 Å². The number of aryl methyl sites for hydroxylation is 1. The largest absolute Gasteiger partial charge is 0.314 e. The zero-order chi connectivity index (χ0) is 10.5. The summed E-state index contributed by atoms with van der Waals surface area (Å²) in [7, 11) is 0. The molecular weight excluding hydrogens is 184 g/mol. The number of nitrogens with zero attached hydrogens (tertiary/aromatic N) is 1. The van der Waals surface area contributed by atoms with Crippen molar-refractivity contribution in [3.8, 4) is 0 Å². The fourth-order valence-corrected chi connectivity index (χ4v) is 2.09. The SMILES string of the molecule is Cc1cccc(CCN2CCNCC2)c1. The predicted octanol–water partition coefficient (Wildman–Crippen LogP) is 1.44. The van der Waals surface area contributed by atoms with Crippen molar-refractivity contribution in [1.82, 2.24) is 10.2 Å². The summed E-state index contributed by atoms with van der Waals surface area (Å²) in [5.41, 5.74) is 2.83. The highest BCUT2D eigenvalue weighted by molar-refractivity contribution is 5.22. The van der Waals surface area contributed by atoms with Crippen LogP contribution in [-0.2, 0) is 6.42 Å². The Morgan fingerprint density at radius 2 is 2.07 bits per heavy atom. The number of rotatable bonds is 3. The molecule has 0 atom stereocenters. The van der Waals surface area contributed by atoms with E-state index in [0.29, 0.717) is 0 Å². The molecule has 1 aliphatic heterocycles. The molecule has 0 aliphatic carbocycles. The smallest absolute Gasteiger partial charge is 0.0108 e. The monoisotopic (exact) mass is 204 g/mol. The molecule has 1 N–H and O–H groups in total. The molecule has 1 aliphatic rings. The Hall–Kier alpha value is -0.860. The van der Waals surface area contributed by atoms with E-state index in [1.807, 2.05) is 0 Å². The highest BCUT2D eigenvalue weighted by Gasteiger charge is 2.08. The molecule has 0 aromatic heterocycles. The van der Waals surface area contributed by atoms with Gasteiger partial charge < -0.3 is 10.2 Å². The van der Waals surface area contributed by atoms with Gasteiger partial charge in [-0.3, -0.25) is 0 Å². The highest BCUT2D eigenvalue weighted by Crippen LogP contribution is 2.05. The van der Waals surface area contributed by atoms with Crippen LogP contribution in [0.1, 0.15) is 11.1 Å². The maximum atomic E-state index is 3.38. The summed E-state index contributed by atoms with van der Waals surface area (Å²) in [5.74, 6) is 0. The van der Waals surface area contributed by atoms with Crippen LogP contribution < -0.4 is 5.32 Å². The lowest BCUT2D eigenvalue weighted by atomic mass is 10.1. The lowest BCUT2D eigenvalue weighted by Gasteiger charge is -2.27. The molecule has 0 bridgehead atoms. The van der Waals surface area contributed by atoms with Gasteiger partial charge in [-0.15, -0.1) is 0 Å². The van der Waals surface area contributed by atoms with Crippen LogP contribution in [0.15, 0.2) is 24.3 Å². The minimum absolute atomic E-state index is 1.15. The summed E-state index contributed by atoms with van der Waals surface area (Å²) < 4.78 is 0. The van der Waals surface area contributed by atoms with E-state index in [1.165, 1.54) is 37.2 Å². The Balaban J connectivity index is 1.81. The van der Waals surface area contributed by atoms with Gasteiger partial charge in [-0.2, -0.15) is 0 Å². The molecule has 0 unspecified atom stereocenters. The third kappa shape index (κ3) is 3.33. The van der Waals surface area contributed by atoms with E-state index in [0.717, 1.165) is 13.1 Å². The summed E-state index contributed by atoms with van der Waals surface area (Å²) in [6.45, 7) is 8.05. The molecule has 2 nitrogen and oxygen atoms in total. The third-order valence-corrected chi connectivity index (χ3v) is 3.01. The first kappa shape index (κ1) is 10.7. The Bertz CT molecular complexity index is 303. The van der Waals surface area contributed by atoms with Crippen molar-refractivity contribution in [3.05, 3.63) is 35.4 Å². The second kappa shape index (κ2) is 5.29. The second-order valence-corrected chi connectivity index (χ2v) is 4.33. The van der Waals surface area contributed by atoms with Crippen LogP contribution in [0.25, 0.3) is 0 Å². The Kier molecular flexibility index (Phi) is 3.75. The highest BCUT2D eigenvalue weighted by atomic mass is 15.2. The standard InChI is InChI=1S/C13H20N2/c1-12-3-2-4-13(11-12)5-8-15-9-6-14-7-10-15/h2-4,11,14H,5-10H2,1H3. The number of hydrogen-bond donors (Lipinski definition) is 1. The minimum atomic E-state index is 1.15. The summed E-state index contributed by atoms with van der Waals surface area (Å²) >= 11 is 0. The zero-order valence-electron chi connectivity index (χ0n) is 9.50. The number of hydrogen-bond acceptors (Lipinski definition) is 2. The van der Waals surface area contributed by atoms with Crippen molar-refractivity contribution in [2.24, 2.45) is 0 Å². The van der Waals surface area contributed by atoms with E-state index in [9.17, 15) is 0 Å². The van der Waals surface area contributed by atoms with Crippen LogP contribution in [0.4, 0.5) is 0 Å². The van der Waals surface area contributed by atoms with Crippen molar-refractivity contribution in [3.63, 3.8) is 0 Å². The van der Waals surface area contributed by atoms with Crippen LogP contribution in [0.5, 0.6) is 0 Å². The Morgan fingerprint density at radius 1 is 1.27 bits per heavy atom. The van der Waals surface area contributed by atoms with Gasteiger partial charge in [-0.25, -0.2) is 0 Å². The Morgan fingerprint density at radius 3 is 2.80 bits per heavy atom. The maximum Gasteiger partial charge on any atom is 0.0108 e. The van der Waals surface area contributed by atoms with Gasteiger partial charge in [0, 0.05) is 32.7 Å². The first-order valence-corrected chi connectivity index (χ1v) is 5.83. The van der Waals surface area contributed by atoms with Gasteiger partial charge in [0.1, 0.15) is 0 Å². The normalized spacial score (nSPS) is 17.9. The van der Waals surface area contributed by atoms with Gasteiger partial charge in [0.05, 0.1) is 0 Å².